The Bertz CT molecular complexity index is 1460. The van der Waals surface area contributed by atoms with Gasteiger partial charge in [-0.3, -0.25) is 9.67 Å². The van der Waals surface area contributed by atoms with Crippen molar-refractivity contribution in [2.75, 3.05) is 19.7 Å². The molecule has 0 bridgehead atoms. The van der Waals surface area contributed by atoms with Gasteiger partial charge in [0.1, 0.15) is 5.82 Å². The van der Waals surface area contributed by atoms with Gasteiger partial charge in [0.25, 0.3) is 0 Å². The van der Waals surface area contributed by atoms with Gasteiger partial charge in [0.05, 0.1) is 36.9 Å². The summed E-state index contributed by atoms with van der Waals surface area (Å²) in [6.45, 7) is -0.0332. The number of nitrogens with zero attached hydrogens (tertiary/aromatic N) is 7. The second-order valence-electron chi connectivity index (χ2n) is 8.44. The van der Waals surface area contributed by atoms with Crippen LogP contribution in [0.15, 0.2) is 36.8 Å². The van der Waals surface area contributed by atoms with Crippen molar-refractivity contribution in [3.05, 3.63) is 59.6 Å². The molecular formula is C24H22F3N7O3. The zero-order valence-corrected chi connectivity index (χ0v) is 19.7. The molecule has 0 spiro atoms. The van der Waals surface area contributed by atoms with Crippen LogP contribution in [0.2, 0.25) is 0 Å². The van der Waals surface area contributed by atoms with Crippen molar-refractivity contribution in [2.24, 2.45) is 0 Å². The summed E-state index contributed by atoms with van der Waals surface area (Å²) in [6.07, 6.45) is 5.55. The molecule has 192 valence electrons. The first-order valence-corrected chi connectivity index (χ1v) is 11.4. The van der Waals surface area contributed by atoms with Crippen molar-refractivity contribution in [3.8, 4) is 28.9 Å². The lowest BCUT2D eigenvalue weighted by atomic mass is 10.1. The molecule has 37 heavy (non-hydrogen) atoms. The molecule has 1 aliphatic rings. The van der Waals surface area contributed by atoms with E-state index >= 15 is 0 Å². The van der Waals surface area contributed by atoms with Crippen LogP contribution in [0.5, 0.6) is 11.5 Å². The first kappa shape index (κ1) is 24.4. The van der Waals surface area contributed by atoms with Crippen molar-refractivity contribution >= 4 is 5.52 Å². The van der Waals surface area contributed by atoms with Gasteiger partial charge < -0.3 is 19.5 Å². The van der Waals surface area contributed by atoms with Gasteiger partial charge in [-0.05, 0) is 30.7 Å². The molecule has 4 aromatic rings. The number of pyridine rings is 2. The van der Waals surface area contributed by atoms with E-state index in [0.29, 0.717) is 37.3 Å². The van der Waals surface area contributed by atoms with Crippen LogP contribution in [0.4, 0.5) is 13.2 Å². The van der Waals surface area contributed by atoms with Gasteiger partial charge in [-0.1, -0.05) is 0 Å². The Morgan fingerprint density at radius 3 is 2.70 bits per heavy atom. The number of fused-ring (bicyclic) bond motifs is 2. The average molecular weight is 513 g/mol. The van der Waals surface area contributed by atoms with Crippen LogP contribution < -0.4 is 9.47 Å². The van der Waals surface area contributed by atoms with Crippen molar-refractivity contribution in [1.29, 1.82) is 5.26 Å². The molecule has 0 radical (unpaired) electrons. The van der Waals surface area contributed by atoms with E-state index in [4.69, 9.17) is 9.84 Å². The third-order valence-corrected chi connectivity index (χ3v) is 6.21. The molecule has 1 aliphatic heterocycles. The van der Waals surface area contributed by atoms with E-state index < -0.39 is 25.1 Å². The standard InChI is InChI=1S/C24H22F3N7O3/c1-14-18-4-5-32(13-28)6-7-33(18)31-22(14)15-8-19(23-20(37-24(26)27)10-30-34(23)11-15)36-21(12-35)17-3-2-16(25)9-29-17/h2-3,8-11,21,24,35H,4-7,12H2,1H3. The quantitative estimate of drug-likeness (QED) is 0.375. The smallest absolute Gasteiger partial charge is 0.387 e. The Balaban J connectivity index is 1.59. The lowest BCUT2D eigenvalue weighted by Crippen LogP contribution is -2.21. The van der Waals surface area contributed by atoms with E-state index in [0.717, 1.165) is 23.7 Å². The number of nitriles is 1. The third kappa shape index (κ3) is 4.75. The maximum atomic E-state index is 13.4. The lowest BCUT2D eigenvalue weighted by Gasteiger charge is -2.18. The van der Waals surface area contributed by atoms with Gasteiger partial charge in [0, 0.05) is 37.0 Å². The zero-order chi connectivity index (χ0) is 26.1. The Kier molecular flexibility index (Phi) is 6.58. The van der Waals surface area contributed by atoms with Crippen molar-refractivity contribution < 1.29 is 27.8 Å². The monoisotopic (exact) mass is 513 g/mol. The predicted octanol–water partition coefficient (Wildman–Crippen LogP) is 3.09. The van der Waals surface area contributed by atoms with Gasteiger partial charge in [0.15, 0.2) is 29.3 Å². The molecule has 1 N–H and O–H groups in total. The van der Waals surface area contributed by atoms with Crippen LogP contribution in [0.25, 0.3) is 16.8 Å². The van der Waals surface area contributed by atoms with E-state index in [1.54, 1.807) is 17.2 Å². The van der Waals surface area contributed by atoms with Crippen molar-refractivity contribution in [3.63, 3.8) is 0 Å². The minimum atomic E-state index is -3.09. The van der Waals surface area contributed by atoms with Crippen LogP contribution in [0.1, 0.15) is 23.1 Å². The highest BCUT2D eigenvalue weighted by molar-refractivity contribution is 5.75. The number of ether oxygens (including phenoxy) is 2. The summed E-state index contributed by atoms with van der Waals surface area (Å²) in [4.78, 5) is 5.65. The average Bonchev–Trinajstić information content (AvgIpc) is 3.35. The molecule has 0 saturated carbocycles. The topological polar surface area (TPSA) is 114 Å². The number of aliphatic hydroxyl groups excluding tert-OH is 1. The van der Waals surface area contributed by atoms with Gasteiger partial charge >= 0.3 is 6.61 Å². The molecular weight excluding hydrogens is 491 g/mol. The molecule has 0 aliphatic carbocycles. The molecule has 0 aromatic carbocycles. The summed E-state index contributed by atoms with van der Waals surface area (Å²) < 4.78 is 53.4. The number of rotatable bonds is 7. The van der Waals surface area contributed by atoms with Crippen LogP contribution in [-0.4, -0.2) is 60.7 Å². The Hall–Kier alpha value is -4.31. The van der Waals surface area contributed by atoms with Gasteiger partial charge in [0.2, 0.25) is 0 Å². The summed E-state index contributed by atoms with van der Waals surface area (Å²) in [5, 5.41) is 28.1. The Labute approximate surface area is 209 Å². The minimum Gasteiger partial charge on any atom is -0.479 e. The highest BCUT2D eigenvalue weighted by atomic mass is 19.3. The molecule has 0 saturated heterocycles. The first-order valence-electron chi connectivity index (χ1n) is 11.4. The van der Waals surface area contributed by atoms with Gasteiger partial charge in [-0.25, -0.2) is 8.91 Å². The lowest BCUT2D eigenvalue weighted by molar-refractivity contribution is -0.0489. The Morgan fingerprint density at radius 2 is 2.00 bits per heavy atom. The van der Waals surface area contributed by atoms with E-state index in [2.05, 4.69) is 21.0 Å². The summed E-state index contributed by atoms with van der Waals surface area (Å²) in [6, 6.07) is 4.16. The molecule has 10 nitrogen and oxygen atoms in total. The fourth-order valence-electron chi connectivity index (χ4n) is 4.41. The summed E-state index contributed by atoms with van der Waals surface area (Å²) >= 11 is 0. The van der Waals surface area contributed by atoms with E-state index in [9.17, 15) is 23.5 Å². The number of hydrogen-bond acceptors (Lipinski definition) is 8. The second kappa shape index (κ2) is 9.98. The number of alkyl halides is 2. The van der Waals surface area contributed by atoms with Crippen LogP contribution in [0.3, 0.4) is 0 Å². The fourth-order valence-corrected chi connectivity index (χ4v) is 4.41. The van der Waals surface area contributed by atoms with E-state index in [-0.39, 0.29) is 22.7 Å². The third-order valence-electron chi connectivity index (χ3n) is 6.21. The molecule has 1 atom stereocenters. The molecule has 5 heterocycles. The summed E-state index contributed by atoms with van der Waals surface area (Å²) in [7, 11) is 0. The van der Waals surface area contributed by atoms with Crippen LogP contribution >= 0.6 is 0 Å². The molecule has 5 rings (SSSR count). The molecule has 1 unspecified atom stereocenters. The SMILES string of the molecule is Cc1c(-c2cc(OC(CO)c3ccc(F)cn3)c3c(OC(F)F)cnn3c2)nn2c1CCN(C#N)CC2. The molecule has 13 heteroatoms. The molecule has 0 fully saturated rings. The summed E-state index contributed by atoms with van der Waals surface area (Å²) in [5.41, 5.74) is 3.48. The fraction of sp³-hybridized carbons (Fsp3) is 0.333. The minimum absolute atomic E-state index is 0.0917. The van der Waals surface area contributed by atoms with E-state index in [1.165, 1.54) is 16.6 Å². The number of aromatic nitrogens is 5. The van der Waals surface area contributed by atoms with Gasteiger partial charge in [-0.15, -0.1) is 0 Å². The zero-order valence-electron chi connectivity index (χ0n) is 19.7. The highest BCUT2D eigenvalue weighted by Crippen LogP contribution is 2.37. The second-order valence-corrected chi connectivity index (χ2v) is 8.44. The Morgan fingerprint density at radius 1 is 1.16 bits per heavy atom. The van der Waals surface area contributed by atoms with Crippen LogP contribution in [-0.2, 0) is 13.0 Å². The molecule has 0 amide bonds. The highest BCUT2D eigenvalue weighted by Gasteiger charge is 2.25. The number of hydrogen-bond donors (Lipinski definition) is 1. The normalized spacial score (nSPS) is 14.4. The number of halogens is 3. The van der Waals surface area contributed by atoms with Crippen molar-refractivity contribution in [1.82, 2.24) is 29.3 Å². The predicted molar refractivity (Wildman–Crippen MR) is 123 cm³/mol. The van der Waals surface area contributed by atoms with Gasteiger partial charge in [-0.2, -0.15) is 24.2 Å². The van der Waals surface area contributed by atoms with Crippen LogP contribution in [0, 0.1) is 24.2 Å². The first-order chi connectivity index (χ1) is 17.9. The maximum absolute atomic E-state index is 13.4. The van der Waals surface area contributed by atoms with Crippen molar-refractivity contribution in [2.45, 2.75) is 32.6 Å². The number of aliphatic hydroxyl groups is 1. The van der Waals surface area contributed by atoms with E-state index in [1.807, 2.05) is 11.6 Å². The largest absolute Gasteiger partial charge is 0.479 e. The maximum Gasteiger partial charge on any atom is 0.387 e. The summed E-state index contributed by atoms with van der Waals surface area (Å²) in [5.74, 6) is -0.676. The molecule has 4 aromatic heterocycles.